The molecule has 1 rings (SSSR count). The molecule has 0 bridgehead atoms. The number of carboxylic acids is 1. The Hall–Kier alpha value is -2.11. The Labute approximate surface area is 118 Å². The minimum absolute atomic E-state index is 0.0557. The molecule has 0 aliphatic heterocycles. The summed E-state index contributed by atoms with van der Waals surface area (Å²) in [6.07, 6.45) is 1.32. The fourth-order valence-corrected chi connectivity index (χ4v) is 1.78. The van der Waals surface area contributed by atoms with Gasteiger partial charge in [-0.3, -0.25) is 9.78 Å². The molecule has 2 amide bonds. The lowest BCUT2D eigenvalue weighted by molar-refractivity contribution is -0.137. The van der Waals surface area contributed by atoms with Gasteiger partial charge in [-0.2, -0.15) is 0 Å². The van der Waals surface area contributed by atoms with Crippen LogP contribution in [0.3, 0.4) is 0 Å². The van der Waals surface area contributed by atoms with Crippen LogP contribution in [0.15, 0.2) is 18.2 Å². The van der Waals surface area contributed by atoms with Crippen molar-refractivity contribution >= 4 is 12.0 Å². The van der Waals surface area contributed by atoms with Crippen LogP contribution in [0.25, 0.3) is 0 Å². The molecule has 0 saturated carbocycles. The lowest BCUT2D eigenvalue weighted by Gasteiger charge is -2.14. The van der Waals surface area contributed by atoms with Crippen molar-refractivity contribution in [3.8, 4) is 0 Å². The van der Waals surface area contributed by atoms with Gasteiger partial charge >= 0.3 is 12.0 Å². The third kappa shape index (κ3) is 6.72. The third-order valence-corrected chi connectivity index (χ3v) is 2.78. The van der Waals surface area contributed by atoms with Gasteiger partial charge in [-0.15, -0.1) is 0 Å². The second-order valence-electron chi connectivity index (χ2n) is 4.78. The molecular weight excluding hydrogens is 258 g/mol. The number of carbonyl (C=O) groups is 2. The smallest absolute Gasteiger partial charge is 0.315 e. The van der Waals surface area contributed by atoms with Crippen LogP contribution in [0.5, 0.6) is 0 Å². The standard InChI is InChI=1S/C14H21N3O3/c1-10-5-3-7-12(16-10)9-15-14(20)17-11(2)6-4-8-13(18)19/h3,5,7,11H,4,6,8-9H2,1-2H3,(H,18,19)(H2,15,17,20). The predicted octanol–water partition coefficient (Wildman–Crippen LogP) is 1.83. The molecule has 1 atom stereocenters. The molecule has 0 aliphatic rings. The highest BCUT2D eigenvalue weighted by Gasteiger charge is 2.08. The maximum atomic E-state index is 11.6. The van der Waals surface area contributed by atoms with Crippen LogP contribution in [0.1, 0.15) is 37.6 Å². The summed E-state index contributed by atoms with van der Waals surface area (Å²) >= 11 is 0. The van der Waals surface area contributed by atoms with Crippen molar-refractivity contribution in [1.29, 1.82) is 0 Å². The summed E-state index contributed by atoms with van der Waals surface area (Å²) in [6.45, 7) is 4.12. The van der Waals surface area contributed by atoms with Crippen LogP contribution < -0.4 is 10.6 Å². The van der Waals surface area contributed by atoms with Crippen LogP contribution in [0.4, 0.5) is 4.79 Å². The zero-order valence-electron chi connectivity index (χ0n) is 11.8. The van der Waals surface area contributed by atoms with Crippen LogP contribution >= 0.6 is 0 Å². The van der Waals surface area contributed by atoms with E-state index in [0.29, 0.717) is 19.4 Å². The van der Waals surface area contributed by atoms with E-state index in [1.165, 1.54) is 0 Å². The normalized spacial score (nSPS) is 11.7. The molecule has 20 heavy (non-hydrogen) atoms. The van der Waals surface area contributed by atoms with Crippen molar-refractivity contribution < 1.29 is 14.7 Å². The van der Waals surface area contributed by atoms with Gasteiger partial charge in [0.25, 0.3) is 0 Å². The van der Waals surface area contributed by atoms with E-state index in [4.69, 9.17) is 5.11 Å². The number of hydrogen-bond donors (Lipinski definition) is 3. The summed E-state index contributed by atoms with van der Waals surface area (Å²) in [7, 11) is 0. The highest BCUT2D eigenvalue weighted by atomic mass is 16.4. The number of rotatable bonds is 7. The molecule has 6 nitrogen and oxygen atoms in total. The molecular formula is C14H21N3O3. The van der Waals surface area contributed by atoms with Crippen molar-refractivity contribution in [1.82, 2.24) is 15.6 Å². The van der Waals surface area contributed by atoms with Crippen LogP contribution in [0.2, 0.25) is 0 Å². The lowest BCUT2D eigenvalue weighted by atomic mass is 10.1. The number of aryl methyl sites for hydroxylation is 1. The molecule has 6 heteroatoms. The molecule has 0 fully saturated rings. The number of nitrogens with zero attached hydrogens (tertiary/aromatic N) is 1. The molecule has 1 aromatic rings. The van der Waals surface area contributed by atoms with Gasteiger partial charge < -0.3 is 15.7 Å². The Bertz CT molecular complexity index is 463. The van der Waals surface area contributed by atoms with E-state index in [1.54, 1.807) is 0 Å². The van der Waals surface area contributed by atoms with Gasteiger partial charge in [0.2, 0.25) is 0 Å². The second kappa shape index (κ2) is 8.14. The Morgan fingerprint density at radius 2 is 2.15 bits per heavy atom. The second-order valence-corrected chi connectivity index (χ2v) is 4.78. The lowest BCUT2D eigenvalue weighted by Crippen LogP contribution is -2.40. The quantitative estimate of drug-likeness (QED) is 0.710. The summed E-state index contributed by atoms with van der Waals surface area (Å²) in [6, 6.07) is 5.32. The zero-order valence-corrected chi connectivity index (χ0v) is 11.8. The average Bonchev–Trinajstić information content (AvgIpc) is 2.36. The van der Waals surface area contributed by atoms with Gasteiger partial charge in [0.05, 0.1) is 12.2 Å². The minimum atomic E-state index is -0.813. The van der Waals surface area contributed by atoms with E-state index in [-0.39, 0.29) is 18.5 Å². The SMILES string of the molecule is Cc1cccc(CNC(=O)NC(C)CCCC(=O)O)n1. The summed E-state index contributed by atoms with van der Waals surface area (Å²) in [5.41, 5.74) is 1.71. The first-order valence-corrected chi connectivity index (χ1v) is 6.66. The number of carboxylic acid groups (broad SMARTS) is 1. The van der Waals surface area contributed by atoms with Gasteiger partial charge in [0.15, 0.2) is 0 Å². The maximum absolute atomic E-state index is 11.6. The number of amides is 2. The van der Waals surface area contributed by atoms with Gasteiger partial charge in [-0.25, -0.2) is 4.79 Å². The molecule has 0 saturated heterocycles. The Morgan fingerprint density at radius 1 is 1.40 bits per heavy atom. The molecule has 1 aromatic heterocycles. The molecule has 1 unspecified atom stereocenters. The summed E-state index contributed by atoms with van der Waals surface area (Å²) in [5, 5.41) is 14.0. The average molecular weight is 279 g/mol. The summed E-state index contributed by atoms with van der Waals surface area (Å²) in [5.74, 6) is -0.813. The number of nitrogens with one attached hydrogen (secondary N) is 2. The fourth-order valence-electron chi connectivity index (χ4n) is 1.78. The van der Waals surface area contributed by atoms with E-state index < -0.39 is 5.97 Å². The first kappa shape index (κ1) is 15.9. The van der Waals surface area contributed by atoms with Crippen molar-refractivity contribution in [3.05, 3.63) is 29.6 Å². The van der Waals surface area contributed by atoms with Crippen LogP contribution in [-0.4, -0.2) is 28.1 Å². The van der Waals surface area contributed by atoms with Crippen molar-refractivity contribution in [2.45, 2.75) is 45.7 Å². The number of pyridine rings is 1. The number of urea groups is 1. The molecule has 3 N–H and O–H groups in total. The zero-order chi connectivity index (χ0) is 15.0. The first-order valence-electron chi connectivity index (χ1n) is 6.66. The van der Waals surface area contributed by atoms with E-state index in [9.17, 15) is 9.59 Å². The fraction of sp³-hybridized carbons (Fsp3) is 0.500. The molecule has 0 spiro atoms. The molecule has 0 aliphatic carbocycles. The van der Waals surface area contributed by atoms with Crippen molar-refractivity contribution in [2.75, 3.05) is 0 Å². The van der Waals surface area contributed by atoms with E-state index in [1.807, 2.05) is 32.0 Å². The molecule has 110 valence electrons. The predicted molar refractivity (Wildman–Crippen MR) is 75.3 cm³/mol. The van der Waals surface area contributed by atoms with E-state index in [2.05, 4.69) is 15.6 Å². The van der Waals surface area contributed by atoms with Crippen LogP contribution in [0, 0.1) is 6.92 Å². The Morgan fingerprint density at radius 3 is 2.80 bits per heavy atom. The highest BCUT2D eigenvalue weighted by molar-refractivity contribution is 5.74. The number of hydrogen-bond acceptors (Lipinski definition) is 3. The number of aromatic nitrogens is 1. The Kier molecular flexibility index (Phi) is 6.49. The topological polar surface area (TPSA) is 91.3 Å². The van der Waals surface area contributed by atoms with Crippen molar-refractivity contribution in [2.24, 2.45) is 0 Å². The van der Waals surface area contributed by atoms with E-state index >= 15 is 0 Å². The van der Waals surface area contributed by atoms with Gasteiger partial charge in [0, 0.05) is 18.2 Å². The number of aliphatic carboxylic acids is 1. The molecule has 0 radical (unpaired) electrons. The van der Waals surface area contributed by atoms with Gasteiger partial charge in [-0.1, -0.05) is 6.07 Å². The third-order valence-electron chi connectivity index (χ3n) is 2.78. The Balaban J connectivity index is 2.24. The van der Waals surface area contributed by atoms with E-state index in [0.717, 1.165) is 11.4 Å². The molecule has 1 heterocycles. The minimum Gasteiger partial charge on any atom is -0.481 e. The largest absolute Gasteiger partial charge is 0.481 e. The summed E-state index contributed by atoms with van der Waals surface area (Å²) < 4.78 is 0. The van der Waals surface area contributed by atoms with Crippen LogP contribution in [-0.2, 0) is 11.3 Å². The molecule has 0 aromatic carbocycles. The first-order chi connectivity index (χ1) is 9.47. The van der Waals surface area contributed by atoms with Crippen molar-refractivity contribution in [3.63, 3.8) is 0 Å². The highest BCUT2D eigenvalue weighted by Crippen LogP contribution is 2.01. The summed E-state index contributed by atoms with van der Waals surface area (Å²) in [4.78, 5) is 26.3. The number of carbonyl (C=O) groups excluding carboxylic acids is 1. The van der Waals surface area contributed by atoms with Gasteiger partial charge in [0.1, 0.15) is 0 Å². The van der Waals surface area contributed by atoms with Gasteiger partial charge in [-0.05, 0) is 38.8 Å². The monoisotopic (exact) mass is 279 g/mol. The maximum Gasteiger partial charge on any atom is 0.315 e.